The number of carbonyl (C=O) groups excluding carboxylic acids is 1. The van der Waals surface area contributed by atoms with Crippen LogP contribution >= 0.6 is 0 Å². The Morgan fingerprint density at radius 3 is 2.74 bits per heavy atom. The molecule has 0 unspecified atom stereocenters. The molecular weight excluding hydrogens is 292 g/mol. The topological polar surface area (TPSA) is 90.9 Å². The number of carbonyl (C=O) groups is 1. The molecule has 6 heteroatoms. The van der Waals surface area contributed by atoms with Crippen molar-refractivity contribution in [2.45, 2.75) is 6.04 Å². The van der Waals surface area contributed by atoms with E-state index in [4.69, 9.17) is 0 Å². The molecule has 0 radical (unpaired) electrons. The fourth-order valence-corrected chi connectivity index (χ4v) is 2.26. The van der Waals surface area contributed by atoms with Gasteiger partial charge >= 0.3 is 0 Å². The maximum Gasteiger partial charge on any atom is 0.269 e. The molecule has 3 N–H and O–H groups in total. The van der Waals surface area contributed by atoms with E-state index in [1.165, 1.54) is 0 Å². The van der Waals surface area contributed by atoms with Crippen LogP contribution in [0.15, 0.2) is 60.9 Å². The Bertz CT molecular complexity index is 772. The van der Waals surface area contributed by atoms with Crippen LogP contribution in [0.5, 0.6) is 0 Å². The van der Waals surface area contributed by atoms with Crippen LogP contribution in [0.4, 0.5) is 0 Å². The third kappa shape index (κ3) is 3.44. The predicted octanol–water partition coefficient (Wildman–Crippen LogP) is 1.94. The molecule has 0 saturated heterocycles. The summed E-state index contributed by atoms with van der Waals surface area (Å²) >= 11 is 0. The highest BCUT2D eigenvalue weighted by Gasteiger charge is 2.17. The summed E-state index contributed by atoms with van der Waals surface area (Å²) in [5, 5.41) is 19.1. The van der Waals surface area contributed by atoms with Crippen molar-refractivity contribution in [3.05, 3.63) is 72.2 Å². The van der Waals surface area contributed by atoms with Crippen LogP contribution in [0, 0.1) is 0 Å². The lowest BCUT2D eigenvalue weighted by atomic mass is 10.1. The zero-order valence-corrected chi connectivity index (χ0v) is 12.3. The minimum atomic E-state index is -0.464. The van der Waals surface area contributed by atoms with Crippen LogP contribution in [-0.2, 0) is 0 Å². The summed E-state index contributed by atoms with van der Waals surface area (Å²) in [4.78, 5) is 16.4. The highest BCUT2D eigenvalue weighted by molar-refractivity contribution is 5.93. The Balaban J connectivity index is 1.75. The average Bonchev–Trinajstić information content (AvgIpc) is 3.11. The molecule has 0 aliphatic carbocycles. The second kappa shape index (κ2) is 6.85. The molecule has 6 nitrogen and oxygen atoms in total. The lowest BCUT2D eigenvalue weighted by Gasteiger charge is -2.15. The summed E-state index contributed by atoms with van der Waals surface area (Å²) in [7, 11) is 0. The van der Waals surface area contributed by atoms with Crippen molar-refractivity contribution in [2.24, 2.45) is 0 Å². The van der Waals surface area contributed by atoms with Gasteiger partial charge in [0, 0.05) is 18.0 Å². The smallest absolute Gasteiger partial charge is 0.269 e. The second-order valence-electron chi connectivity index (χ2n) is 5.03. The molecule has 0 aliphatic heterocycles. The molecule has 0 spiro atoms. The van der Waals surface area contributed by atoms with E-state index >= 15 is 0 Å². The second-order valence-corrected chi connectivity index (χ2v) is 5.03. The van der Waals surface area contributed by atoms with Crippen molar-refractivity contribution in [3.63, 3.8) is 0 Å². The van der Waals surface area contributed by atoms with Crippen molar-refractivity contribution in [1.29, 1.82) is 0 Å². The first-order valence-electron chi connectivity index (χ1n) is 7.20. The highest BCUT2D eigenvalue weighted by Crippen LogP contribution is 2.17. The van der Waals surface area contributed by atoms with Gasteiger partial charge in [-0.15, -0.1) is 0 Å². The van der Waals surface area contributed by atoms with E-state index in [1.54, 1.807) is 24.5 Å². The fraction of sp³-hybridized carbons (Fsp3) is 0.118. The van der Waals surface area contributed by atoms with E-state index in [0.29, 0.717) is 11.4 Å². The van der Waals surface area contributed by atoms with Gasteiger partial charge in [-0.2, -0.15) is 5.10 Å². The van der Waals surface area contributed by atoms with Gasteiger partial charge in [0.05, 0.1) is 18.3 Å². The zero-order valence-electron chi connectivity index (χ0n) is 12.3. The van der Waals surface area contributed by atoms with Crippen LogP contribution in [0.1, 0.15) is 22.1 Å². The molecule has 2 heterocycles. The van der Waals surface area contributed by atoms with Crippen molar-refractivity contribution < 1.29 is 9.90 Å². The summed E-state index contributed by atoms with van der Waals surface area (Å²) < 4.78 is 0. The number of hydrogen-bond donors (Lipinski definition) is 3. The summed E-state index contributed by atoms with van der Waals surface area (Å²) in [5.41, 5.74) is 2.64. The Kier molecular flexibility index (Phi) is 4.44. The van der Waals surface area contributed by atoms with Gasteiger partial charge in [-0.05, 0) is 23.8 Å². The van der Waals surface area contributed by atoms with Crippen LogP contribution in [0.25, 0.3) is 11.3 Å². The molecule has 2 aromatic heterocycles. The number of aromatic amines is 1. The number of amides is 1. The fourth-order valence-electron chi connectivity index (χ4n) is 2.26. The Morgan fingerprint density at radius 2 is 2.04 bits per heavy atom. The number of pyridine rings is 1. The third-order valence-electron chi connectivity index (χ3n) is 3.47. The van der Waals surface area contributed by atoms with Gasteiger partial charge in [-0.25, -0.2) is 0 Å². The first-order valence-corrected chi connectivity index (χ1v) is 7.20. The molecule has 0 bridgehead atoms. The molecule has 0 saturated carbocycles. The SMILES string of the molecule is O=C(N[C@H](CO)c1ccccc1)c1cc(-c2cccnc2)n[nH]1. The molecule has 1 aromatic carbocycles. The molecular formula is C17H16N4O2. The first-order chi connectivity index (χ1) is 11.3. The summed E-state index contributed by atoms with van der Waals surface area (Å²) in [5.74, 6) is -0.324. The first kappa shape index (κ1) is 14.9. The van der Waals surface area contributed by atoms with Crippen molar-refractivity contribution >= 4 is 5.91 Å². The lowest BCUT2D eigenvalue weighted by Crippen LogP contribution is -2.31. The van der Waals surface area contributed by atoms with Gasteiger partial charge in [0.1, 0.15) is 5.69 Å². The van der Waals surface area contributed by atoms with Gasteiger partial charge in [0.2, 0.25) is 0 Å². The summed E-state index contributed by atoms with van der Waals surface area (Å²) in [6.45, 7) is -0.181. The van der Waals surface area contributed by atoms with E-state index in [1.807, 2.05) is 36.4 Å². The molecule has 23 heavy (non-hydrogen) atoms. The molecule has 3 rings (SSSR count). The van der Waals surface area contributed by atoms with Crippen LogP contribution < -0.4 is 5.32 Å². The molecule has 0 fully saturated rings. The quantitative estimate of drug-likeness (QED) is 0.672. The number of aliphatic hydroxyl groups excluding tert-OH is 1. The maximum atomic E-state index is 12.3. The molecule has 116 valence electrons. The molecule has 1 atom stereocenters. The van der Waals surface area contributed by atoms with E-state index < -0.39 is 6.04 Å². The monoisotopic (exact) mass is 308 g/mol. The lowest BCUT2D eigenvalue weighted by molar-refractivity contribution is 0.0911. The standard InChI is InChI=1S/C17H16N4O2/c22-11-16(12-5-2-1-3-6-12)19-17(23)15-9-14(20-21-15)13-7-4-8-18-10-13/h1-10,16,22H,11H2,(H,19,23)(H,20,21)/t16-/m1/s1. The van der Waals surface area contributed by atoms with Crippen molar-refractivity contribution in [2.75, 3.05) is 6.61 Å². The number of benzene rings is 1. The summed E-state index contributed by atoms with van der Waals surface area (Å²) in [6.07, 6.45) is 3.35. The van der Waals surface area contributed by atoms with Gasteiger partial charge in [0.15, 0.2) is 0 Å². The number of hydrogen-bond acceptors (Lipinski definition) is 4. The maximum absolute atomic E-state index is 12.3. The van der Waals surface area contributed by atoms with Gasteiger partial charge in [-0.3, -0.25) is 14.9 Å². The number of nitrogens with one attached hydrogen (secondary N) is 2. The molecule has 1 amide bonds. The van der Waals surface area contributed by atoms with Gasteiger partial charge in [-0.1, -0.05) is 30.3 Å². The Hall–Kier alpha value is -2.99. The summed E-state index contributed by atoms with van der Waals surface area (Å²) in [6, 6.07) is 14.2. The Labute approximate surface area is 133 Å². The zero-order chi connectivity index (χ0) is 16.1. The number of aliphatic hydroxyl groups is 1. The third-order valence-corrected chi connectivity index (χ3v) is 3.47. The van der Waals surface area contributed by atoms with E-state index in [-0.39, 0.29) is 12.5 Å². The largest absolute Gasteiger partial charge is 0.394 e. The minimum Gasteiger partial charge on any atom is -0.394 e. The Morgan fingerprint density at radius 1 is 1.22 bits per heavy atom. The number of H-pyrrole nitrogens is 1. The predicted molar refractivity (Wildman–Crippen MR) is 85.6 cm³/mol. The van der Waals surface area contributed by atoms with Crippen LogP contribution in [-0.4, -0.2) is 32.8 Å². The van der Waals surface area contributed by atoms with Gasteiger partial charge < -0.3 is 10.4 Å². The number of nitrogens with zero attached hydrogens (tertiary/aromatic N) is 2. The van der Waals surface area contributed by atoms with E-state index in [9.17, 15) is 9.90 Å². The number of aromatic nitrogens is 3. The van der Waals surface area contributed by atoms with Crippen LogP contribution in [0.3, 0.4) is 0 Å². The van der Waals surface area contributed by atoms with Gasteiger partial charge in [0.25, 0.3) is 5.91 Å². The molecule has 0 aliphatic rings. The highest BCUT2D eigenvalue weighted by atomic mass is 16.3. The van der Waals surface area contributed by atoms with E-state index in [2.05, 4.69) is 20.5 Å². The minimum absolute atomic E-state index is 0.181. The normalized spacial score (nSPS) is 11.9. The average molecular weight is 308 g/mol. The van der Waals surface area contributed by atoms with E-state index in [0.717, 1.165) is 11.1 Å². The number of rotatable bonds is 5. The molecule has 3 aromatic rings. The van der Waals surface area contributed by atoms with Crippen LogP contribution in [0.2, 0.25) is 0 Å². The van der Waals surface area contributed by atoms with Crippen molar-refractivity contribution in [1.82, 2.24) is 20.5 Å². The van der Waals surface area contributed by atoms with Crippen molar-refractivity contribution in [3.8, 4) is 11.3 Å².